The zero-order chi connectivity index (χ0) is 18.2. The molecule has 0 atom stereocenters. The number of nitrogens with zero attached hydrogens (tertiary/aromatic N) is 2. The average Bonchev–Trinajstić information content (AvgIpc) is 3.08. The summed E-state index contributed by atoms with van der Waals surface area (Å²) in [4.78, 5) is 16.8. The second-order valence-electron chi connectivity index (χ2n) is 6.35. The van der Waals surface area contributed by atoms with E-state index in [2.05, 4.69) is 16.3 Å². The van der Waals surface area contributed by atoms with E-state index in [0.29, 0.717) is 23.0 Å². The van der Waals surface area contributed by atoms with Gasteiger partial charge < -0.3 is 9.80 Å². The van der Waals surface area contributed by atoms with Gasteiger partial charge in [-0.15, -0.1) is 0 Å². The average molecular weight is 399 g/mol. The monoisotopic (exact) mass is 398 g/mol. The van der Waals surface area contributed by atoms with Crippen LogP contribution >= 0.6 is 34.5 Å². The third-order valence-corrected chi connectivity index (χ3v) is 5.42. The Hall–Kier alpha value is -1.07. The van der Waals surface area contributed by atoms with Crippen molar-refractivity contribution in [3.8, 4) is 0 Å². The van der Waals surface area contributed by atoms with Gasteiger partial charge in [-0.25, -0.2) is 0 Å². The lowest BCUT2D eigenvalue weighted by atomic mass is 10.1. The van der Waals surface area contributed by atoms with Crippen molar-refractivity contribution in [1.29, 1.82) is 0 Å². The second-order valence-corrected chi connectivity index (χ2v) is 7.95. The van der Waals surface area contributed by atoms with Gasteiger partial charge in [0.2, 0.25) is 5.91 Å². The van der Waals surface area contributed by atoms with Crippen molar-refractivity contribution >= 4 is 40.4 Å². The minimum absolute atomic E-state index is 0.177. The normalized spacial score (nSPS) is 11.1. The minimum atomic E-state index is 0.177. The van der Waals surface area contributed by atoms with Gasteiger partial charge in [-0.3, -0.25) is 4.79 Å². The molecule has 2 rings (SSSR count). The van der Waals surface area contributed by atoms with Crippen molar-refractivity contribution in [2.24, 2.45) is 0 Å². The molecule has 0 N–H and O–H groups in total. The molecule has 3 nitrogen and oxygen atoms in total. The van der Waals surface area contributed by atoms with Crippen molar-refractivity contribution in [3.63, 3.8) is 0 Å². The maximum Gasteiger partial charge on any atom is 0.223 e. The first-order chi connectivity index (χ1) is 12.0. The van der Waals surface area contributed by atoms with Gasteiger partial charge in [-0.1, -0.05) is 29.3 Å². The number of hydrogen-bond acceptors (Lipinski definition) is 3. The SMILES string of the molecule is CN(C)CCCN(Cc1ccc(Cl)c(Cl)c1)C(=O)CCc1ccsc1. The van der Waals surface area contributed by atoms with E-state index in [0.717, 1.165) is 31.5 Å². The number of carbonyl (C=O) groups is 1. The van der Waals surface area contributed by atoms with Crippen LogP contribution in [0, 0.1) is 0 Å². The van der Waals surface area contributed by atoms with Crippen molar-refractivity contribution < 1.29 is 4.79 Å². The Morgan fingerprint density at radius 1 is 1.08 bits per heavy atom. The molecule has 1 aromatic heterocycles. The summed E-state index contributed by atoms with van der Waals surface area (Å²) >= 11 is 13.8. The number of benzene rings is 1. The molecule has 1 heterocycles. The number of amides is 1. The first kappa shape index (κ1) is 20.2. The zero-order valence-corrected chi connectivity index (χ0v) is 17.0. The predicted molar refractivity (Wildman–Crippen MR) is 108 cm³/mol. The van der Waals surface area contributed by atoms with Gasteiger partial charge in [-0.2, -0.15) is 11.3 Å². The van der Waals surface area contributed by atoms with E-state index in [1.165, 1.54) is 5.56 Å². The number of rotatable bonds is 9. The fraction of sp³-hybridized carbons (Fsp3) is 0.421. The zero-order valence-electron chi connectivity index (χ0n) is 14.7. The molecule has 136 valence electrons. The summed E-state index contributed by atoms with van der Waals surface area (Å²) in [6.07, 6.45) is 2.26. The molecule has 1 amide bonds. The first-order valence-corrected chi connectivity index (χ1v) is 10.0. The van der Waals surface area contributed by atoms with Crippen LogP contribution in [0.5, 0.6) is 0 Å². The molecule has 6 heteroatoms. The van der Waals surface area contributed by atoms with Crippen LogP contribution in [0.3, 0.4) is 0 Å². The first-order valence-electron chi connectivity index (χ1n) is 8.33. The maximum atomic E-state index is 12.7. The molecule has 2 aromatic rings. The molecule has 0 aliphatic carbocycles. The van der Waals surface area contributed by atoms with Gasteiger partial charge in [0, 0.05) is 19.5 Å². The summed E-state index contributed by atoms with van der Waals surface area (Å²) in [7, 11) is 4.09. The highest BCUT2D eigenvalue weighted by Gasteiger charge is 2.15. The van der Waals surface area contributed by atoms with E-state index in [9.17, 15) is 4.79 Å². The summed E-state index contributed by atoms with van der Waals surface area (Å²) in [5, 5.41) is 5.21. The predicted octanol–water partition coefficient (Wildman–Crippen LogP) is 4.97. The largest absolute Gasteiger partial charge is 0.338 e. The molecule has 0 spiro atoms. The van der Waals surface area contributed by atoms with Crippen LogP contribution in [0.1, 0.15) is 24.0 Å². The maximum absolute atomic E-state index is 12.7. The van der Waals surface area contributed by atoms with E-state index in [1.807, 2.05) is 36.5 Å². The van der Waals surface area contributed by atoms with E-state index < -0.39 is 0 Å². The van der Waals surface area contributed by atoms with Crippen LogP contribution in [-0.4, -0.2) is 42.9 Å². The summed E-state index contributed by atoms with van der Waals surface area (Å²) in [6, 6.07) is 7.63. The Morgan fingerprint density at radius 3 is 2.52 bits per heavy atom. The molecular formula is C19H24Cl2N2OS. The minimum Gasteiger partial charge on any atom is -0.338 e. The highest BCUT2D eigenvalue weighted by molar-refractivity contribution is 7.07. The number of thiophene rings is 1. The quantitative estimate of drug-likeness (QED) is 0.595. The molecule has 0 aliphatic heterocycles. The van der Waals surface area contributed by atoms with Gasteiger partial charge in [0.15, 0.2) is 0 Å². The lowest BCUT2D eigenvalue weighted by Gasteiger charge is -2.24. The summed E-state index contributed by atoms with van der Waals surface area (Å²) in [6.45, 7) is 2.25. The highest BCUT2D eigenvalue weighted by atomic mass is 35.5. The van der Waals surface area contributed by atoms with E-state index in [1.54, 1.807) is 17.4 Å². The molecule has 25 heavy (non-hydrogen) atoms. The molecule has 0 saturated heterocycles. The fourth-order valence-corrected chi connectivity index (χ4v) is 3.60. The molecule has 0 bridgehead atoms. The lowest BCUT2D eigenvalue weighted by molar-refractivity contribution is -0.131. The van der Waals surface area contributed by atoms with E-state index >= 15 is 0 Å². The standard InChI is InChI=1S/C19H24Cl2N2OS/c1-22(2)9-3-10-23(13-16-4-6-17(20)18(21)12-16)19(24)7-5-15-8-11-25-14-15/h4,6,8,11-12,14H,3,5,7,9-10,13H2,1-2H3. The van der Waals surface area contributed by atoms with Crippen molar-refractivity contribution in [2.45, 2.75) is 25.8 Å². The second kappa shape index (κ2) is 10.2. The van der Waals surface area contributed by atoms with Crippen LogP contribution in [0.15, 0.2) is 35.0 Å². The molecule has 0 unspecified atom stereocenters. The molecule has 0 fully saturated rings. The Bertz CT molecular complexity index is 674. The van der Waals surface area contributed by atoms with Crippen LogP contribution in [0.2, 0.25) is 10.0 Å². The lowest BCUT2D eigenvalue weighted by Crippen LogP contribution is -2.33. The van der Waals surface area contributed by atoms with Crippen molar-refractivity contribution in [1.82, 2.24) is 9.80 Å². The third kappa shape index (κ3) is 6.98. The Labute approximate surface area is 164 Å². The van der Waals surface area contributed by atoms with E-state index in [4.69, 9.17) is 23.2 Å². The fourth-order valence-electron chi connectivity index (χ4n) is 2.57. The Morgan fingerprint density at radius 2 is 1.88 bits per heavy atom. The molecule has 0 aliphatic rings. The van der Waals surface area contributed by atoms with Gasteiger partial charge in [0.05, 0.1) is 10.0 Å². The third-order valence-electron chi connectivity index (χ3n) is 3.95. The number of aryl methyl sites for hydroxylation is 1. The summed E-state index contributed by atoms with van der Waals surface area (Å²) in [5.41, 5.74) is 2.23. The highest BCUT2D eigenvalue weighted by Crippen LogP contribution is 2.23. The van der Waals surface area contributed by atoms with Gasteiger partial charge in [0.25, 0.3) is 0 Å². The Balaban J connectivity index is 1.99. The summed E-state index contributed by atoms with van der Waals surface area (Å²) < 4.78 is 0. The van der Waals surface area contributed by atoms with Gasteiger partial charge in [-0.05, 0) is 73.6 Å². The Kier molecular flexibility index (Phi) is 8.24. The molecule has 0 saturated carbocycles. The molecular weight excluding hydrogens is 375 g/mol. The number of hydrogen-bond donors (Lipinski definition) is 0. The molecule has 1 aromatic carbocycles. The van der Waals surface area contributed by atoms with Gasteiger partial charge in [0.1, 0.15) is 0 Å². The van der Waals surface area contributed by atoms with Crippen molar-refractivity contribution in [3.05, 3.63) is 56.2 Å². The van der Waals surface area contributed by atoms with Crippen LogP contribution in [0.25, 0.3) is 0 Å². The van der Waals surface area contributed by atoms with Crippen LogP contribution < -0.4 is 0 Å². The number of carbonyl (C=O) groups excluding carboxylic acids is 1. The van der Waals surface area contributed by atoms with Crippen LogP contribution in [-0.2, 0) is 17.8 Å². The number of halogens is 2. The van der Waals surface area contributed by atoms with E-state index in [-0.39, 0.29) is 5.91 Å². The van der Waals surface area contributed by atoms with Crippen molar-refractivity contribution in [2.75, 3.05) is 27.2 Å². The van der Waals surface area contributed by atoms with Gasteiger partial charge >= 0.3 is 0 Å². The topological polar surface area (TPSA) is 23.6 Å². The van der Waals surface area contributed by atoms with Crippen LogP contribution in [0.4, 0.5) is 0 Å². The molecule has 0 radical (unpaired) electrons. The smallest absolute Gasteiger partial charge is 0.223 e. The summed E-state index contributed by atoms with van der Waals surface area (Å²) in [5.74, 6) is 0.177.